The van der Waals surface area contributed by atoms with Crippen molar-refractivity contribution in [1.82, 2.24) is 10.5 Å². The Morgan fingerprint density at radius 3 is 2.88 bits per heavy atom. The van der Waals surface area contributed by atoms with Gasteiger partial charge in [-0.25, -0.2) is 0 Å². The van der Waals surface area contributed by atoms with Crippen molar-refractivity contribution in [3.63, 3.8) is 0 Å². The van der Waals surface area contributed by atoms with E-state index >= 15 is 0 Å². The lowest BCUT2D eigenvalue weighted by Crippen LogP contribution is -2.17. The molecule has 0 saturated carbocycles. The van der Waals surface area contributed by atoms with E-state index in [9.17, 15) is 0 Å². The maximum Gasteiger partial charge on any atom is 0.138 e. The van der Waals surface area contributed by atoms with Crippen molar-refractivity contribution in [2.45, 2.75) is 33.4 Å². The average molecular weight is 236 g/mol. The molecule has 4 heteroatoms. The highest BCUT2D eigenvalue weighted by atomic mass is 32.1. The number of nitrogens with one attached hydrogen (secondary N) is 1. The quantitative estimate of drug-likeness (QED) is 0.885. The highest BCUT2D eigenvalue weighted by molar-refractivity contribution is 7.10. The summed E-state index contributed by atoms with van der Waals surface area (Å²) in [7, 11) is 0. The van der Waals surface area contributed by atoms with E-state index in [1.807, 2.05) is 13.8 Å². The van der Waals surface area contributed by atoms with Gasteiger partial charge in [-0.2, -0.15) is 0 Å². The zero-order valence-corrected chi connectivity index (χ0v) is 10.6. The molecule has 3 nitrogen and oxygen atoms in total. The number of aromatic nitrogens is 1. The fourth-order valence-electron chi connectivity index (χ4n) is 1.65. The van der Waals surface area contributed by atoms with E-state index < -0.39 is 0 Å². The molecule has 2 rings (SSSR count). The van der Waals surface area contributed by atoms with Crippen molar-refractivity contribution in [1.29, 1.82) is 0 Å². The maximum atomic E-state index is 5.13. The molecule has 0 aliphatic rings. The third-order valence-electron chi connectivity index (χ3n) is 2.74. The van der Waals surface area contributed by atoms with Crippen LogP contribution in [0.1, 0.15) is 34.9 Å². The Kier molecular flexibility index (Phi) is 3.41. The van der Waals surface area contributed by atoms with Gasteiger partial charge in [-0.1, -0.05) is 11.2 Å². The Bertz CT molecular complexity index is 428. The molecule has 1 atom stereocenters. The van der Waals surface area contributed by atoms with Gasteiger partial charge in [0, 0.05) is 23.0 Å². The number of hydrogen-bond donors (Lipinski definition) is 1. The van der Waals surface area contributed by atoms with Crippen LogP contribution in [0.4, 0.5) is 0 Å². The van der Waals surface area contributed by atoms with Crippen LogP contribution < -0.4 is 5.32 Å². The molecule has 86 valence electrons. The van der Waals surface area contributed by atoms with Crippen LogP contribution in [-0.2, 0) is 6.54 Å². The Labute approximate surface area is 99.5 Å². The number of aryl methyl sites for hydroxylation is 2. The fraction of sp³-hybridized carbons (Fsp3) is 0.417. The lowest BCUT2D eigenvalue weighted by Gasteiger charge is -2.11. The van der Waals surface area contributed by atoms with E-state index in [1.54, 1.807) is 11.3 Å². The highest BCUT2D eigenvalue weighted by Crippen LogP contribution is 2.19. The summed E-state index contributed by atoms with van der Waals surface area (Å²) in [6, 6.07) is 4.60. The highest BCUT2D eigenvalue weighted by Gasteiger charge is 2.11. The largest absolute Gasteiger partial charge is 0.361 e. The van der Waals surface area contributed by atoms with Gasteiger partial charge in [0.1, 0.15) is 5.76 Å². The minimum absolute atomic E-state index is 0.369. The summed E-state index contributed by atoms with van der Waals surface area (Å²) < 4.78 is 5.13. The van der Waals surface area contributed by atoms with Crippen molar-refractivity contribution in [3.8, 4) is 0 Å². The first kappa shape index (κ1) is 11.4. The summed E-state index contributed by atoms with van der Waals surface area (Å²) in [6.45, 7) is 6.90. The van der Waals surface area contributed by atoms with Gasteiger partial charge in [-0.15, -0.1) is 11.3 Å². The maximum absolute atomic E-state index is 5.13. The van der Waals surface area contributed by atoms with Gasteiger partial charge >= 0.3 is 0 Å². The zero-order chi connectivity index (χ0) is 11.5. The van der Waals surface area contributed by atoms with Crippen molar-refractivity contribution < 1.29 is 4.52 Å². The molecule has 0 amide bonds. The monoisotopic (exact) mass is 236 g/mol. The van der Waals surface area contributed by atoms with Crippen molar-refractivity contribution in [2.24, 2.45) is 0 Å². The Morgan fingerprint density at radius 1 is 1.50 bits per heavy atom. The minimum atomic E-state index is 0.369. The van der Waals surface area contributed by atoms with Gasteiger partial charge in [0.05, 0.1) is 5.69 Å². The smallest absolute Gasteiger partial charge is 0.138 e. The summed E-state index contributed by atoms with van der Waals surface area (Å²) in [6.07, 6.45) is 0. The second-order valence-electron chi connectivity index (χ2n) is 3.92. The summed E-state index contributed by atoms with van der Waals surface area (Å²) in [5.74, 6) is 0.906. The lowest BCUT2D eigenvalue weighted by atomic mass is 10.2. The predicted octanol–water partition coefficient (Wildman–Crippen LogP) is 3.20. The first-order chi connectivity index (χ1) is 7.68. The summed E-state index contributed by atoms with van der Waals surface area (Å²) in [5, 5.41) is 9.52. The minimum Gasteiger partial charge on any atom is -0.361 e. The van der Waals surface area contributed by atoms with Gasteiger partial charge < -0.3 is 9.84 Å². The first-order valence-corrected chi connectivity index (χ1v) is 6.25. The third kappa shape index (κ3) is 2.33. The topological polar surface area (TPSA) is 38.1 Å². The molecule has 1 N–H and O–H groups in total. The Morgan fingerprint density at radius 2 is 2.31 bits per heavy atom. The summed E-state index contributed by atoms with van der Waals surface area (Å²) in [4.78, 5) is 1.35. The van der Waals surface area contributed by atoms with Crippen molar-refractivity contribution in [2.75, 3.05) is 0 Å². The van der Waals surface area contributed by atoms with E-state index in [4.69, 9.17) is 4.52 Å². The standard InChI is InChI=1S/C12H16N2OS/c1-8-11(10(3)15-14-8)7-13-9(2)12-5-4-6-16-12/h4-6,9,13H,7H2,1-3H3. The van der Waals surface area contributed by atoms with Gasteiger partial charge in [-0.3, -0.25) is 0 Å². The molecule has 0 bridgehead atoms. The summed E-state index contributed by atoms with van der Waals surface area (Å²) >= 11 is 1.78. The number of nitrogens with zero attached hydrogens (tertiary/aromatic N) is 1. The van der Waals surface area contributed by atoms with Gasteiger partial charge in [-0.05, 0) is 32.2 Å². The third-order valence-corrected chi connectivity index (χ3v) is 3.79. The van der Waals surface area contributed by atoms with Crippen LogP contribution in [0.25, 0.3) is 0 Å². The van der Waals surface area contributed by atoms with Gasteiger partial charge in [0.25, 0.3) is 0 Å². The van der Waals surface area contributed by atoms with Crippen LogP contribution in [-0.4, -0.2) is 5.16 Å². The number of rotatable bonds is 4. The van der Waals surface area contributed by atoms with E-state index in [0.717, 1.165) is 18.0 Å². The molecule has 0 aliphatic heterocycles. The molecule has 1 unspecified atom stereocenters. The van der Waals surface area contributed by atoms with Crippen LogP contribution >= 0.6 is 11.3 Å². The van der Waals surface area contributed by atoms with Crippen molar-refractivity contribution >= 4 is 11.3 Å². The summed E-state index contributed by atoms with van der Waals surface area (Å²) in [5.41, 5.74) is 2.15. The second kappa shape index (κ2) is 4.80. The molecule has 0 saturated heterocycles. The molecule has 2 aromatic rings. The molecule has 2 aromatic heterocycles. The number of thiophene rings is 1. The Balaban J connectivity index is 1.98. The predicted molar refractivity (Wildman–Crippen MR) is 65.6 cm³/mol. The van der Waals surface area contributed by atoms with Gasteiger partial charge in [0.2, 0.25) is 0 Å². The number of hydrogen-bond acceptors (Lipinski definition) is 4. The molecule has 2 heterocycles. The van der Waals surface area contributed by atoms with Crippen LogP contribution in [0.5, 0.6) is 0 Å². The zero-order valence-electron chi connectivity index (χ0n) is 9.78. The van der Waals surface area contributed by atoms with E-state index in [0.29, 0.717) is 6.04 Å². The average Bonchev–Trinajstić information content (AvgIpc) is 2.87. The van der Waals surface area contributed by atoms with Crippen LogP contribution in [0.2, 0.25) is 0 Å². The lowest BCUT2D eigenvalue weighted by molar-refractivity contribution is 0.391. The molecular weight excluding hydrogens is 220 g/mol. The van der Waals surface area contributed by atoms with Crippen LogP contribution in [0.15, 0.2) is 22.0 Å². The molecule has 0 spiro atoms. The van der Waals surface area contributed by atoms with Crippen LogP contribution in [0.3, 0.4) is 0 Å². The van der Waals surface area contributed by atoms with Crippen molar-refractivity contribution in [3.05, 3.63) is 39.4 Å². The first-order valence-electron chi connectivity index (χ1n) is 5.37. The van der Waals surface area contributed by atoms with E-state index in [2.05, 4.69) is 34.9 Å². The molecule has 0 aliphatic carbocycles. The Hall–Kier alpha value is -1.13. The normalized spacial score (nSPS) is 12.9. The second-order valence-corrected chi connectivity index (χ2v) is 4.90. The fourth-order valence-corrected chi connectivity index (χ4v) is 2.41. The molecule has 16 heavy (non-hydrogen) atoms. The van der Waals surface area contributed by atoms with E-state index in [-0.39, 0.29) is 0 Å². The van der Waals surface area contributed by atoms with E-state index in [1.165, 1.54) is 10.4 Å². The molecular formula is C12H16N2OS. The molecule has 0 fully saturated rings. The SMILES string of the molecule is Cc1noc(C)c1CNC(C)c1cccs1. The molecule has 0 radical (unpaired) electrons. The van der Waals surface area contributed by atoms with Crippen LogP contribution in [0, 0.1) is 13.8 Å². The van der Waals surface area contributed by atoms with Gasteiger partial charge in [0.15, 0.2) is 0 Å². The molecule has 0 aromatic carbocycles.